The molecule has 0 radical (unpaired) electrons. The van der Waals surface area contributed by atoms with Crippen molar-refractivity contribution in [3.63, 3.8) is 0 Å². The number of aryl methyl sites for hydroxylation is 1. The number of anilines is 1. The van der Waals surface area contributed by atoms with Crippen molar-refractivity contribution >= 4 is 16.5 Å². The van der Waals surface area contributed by atoms with Crippen LogP contribution in [-0.4, -0.2) is 16.2 Å². The van der Waals surface area contributed by atoms with Crippen molar-refractivity contribution < 1.29 is 0 Å². The smallest absolute Gasteiger partial charge is 0.205 e. The molecule has 0 aliphatic heterocycles. The normalized spacial score (nSPS) is 35.9. The molecule has 70 valence electrons. The zero-order valence-corrected chi connectivity index (χ0v) is 8.47. The highest BCUT2D eigenvalue weighted by molar-refractivity contribution is 7.15. The van der Waals surface area contributed by atoms with Gasteiger partial charge in [0.1, 0.15) is 5.01 Å². The van der Waals surface area contributed by atoms with E-state index in [1.54, 1.807) is 11.3 Å². The van der Waals surface area contributed by atoms with Crippen LogP contribution < -0.4 is 5.32 Å². The summed E-state index contributed by atoms with van der Waals surface area (Å²) in [5.41, 5.74) is 0. The van der Waals surface area contributed by atoms with Gasteiger partial charge in [0.05, 0.1) is 0 Å². The zero-order chi connectivity index (χ0) is 8.84. The highest BCUT2D eigenvalue weighted by atomic mass is 32.1. The summed E-state index contributed by atoms with van der Waals surface area (Å²) >= 11 is 1.66. The predicted molar refractivity (Wildman–Crippen MR) is 52.9 cm³/mol. The molecule has 1 aromatic rings. The van der Waals surface area contributed by atoms with Gasteiger partial charge in [-0.15, -0.1) is 10.2 Å². The van der Waals surface area contributed by atoms with Gasteiger partial charge in [0.15, 0.2) is 0 Å². The van der Waals surface area contributed by atoms with E-state index < -0.39 is 0 Å². The minimum Gasteiger partial charge on any atom is -0.357 e. The fraction of sp³-hybridized carbons (Fsp3) is 0.778. The summed E-state index contributed by atoms with van der Waals surface area (Å²) in [4.78, 5) is 0. The molecule has 1 aromatic heterocycles. The Kier molecular flexibility index (Phi) is 1.59. The van der Waals surface area contributed by atoms with Gasteiger partial charge in [-0.3, -0.25) is 0 Å². The molecule has 0 spiro atoms. The molecule has 4 heteroatoms. The molecule has 0 saturated heterocycles. The van der Waals surface area contributed by atoms with Crippen molar-refractivity contribution in [2.45, 2.75) is 32.2 Å². The average molecular weight is 195 g/mol. The first-order valence-electron chi connectivity index (χ1n) is 4.88. The second kappa shape index (κ2) is 2.67. The van der Waals surface area contributed by atoms with E-state index in [-0.39, 0.29) is 0 Å². The van der Waals surface area contributed by atoms with Gasteiger partial charge in [-0.05, 0) is 38.0 Å². The van der Waals surface area contributed by atoms with Crippen LogP contribution in [0.25, 0.3) is 0 Å². The van der Waals surface area contributed by atoms with Crippen LogP contribution >= 0.6 is 11.3 Å². The van der Waals surface area contributed by atoms with Crippen molar-refractivity contribution in [3.05, 3.63) is 5.01 Å². The van der Waals surface area contributed by atoms with Crippen molar-refractivity contribution in [2.24, 2.45) is 11.8 Å². The SMILES string of the molecule is Cc1nnc(NC2CC3CC3C2)s1. The molecule has 1 N–H and O–H groups in total. The van der Waals surface area contributed by atoms with Crippen molar-refractivity contribution in [1.82, 2.24) is 10.2 Å². The second-order valence-corrected chi connectivity index (χ2v) is 5.38. The Balaban J connectivity index is 1.63. The Morgan fingerprint density at radius 2 is 2.00 bits per heavy atom. The van der Waals surface area contributed by atoms with E-state index in [1.165, 1.54) is 19.3 Å². The van der Waals surface area contributed by atoms with E-state index >= 15 is 0 Å². The lowest BCUT2D eigenvalue weighted by atomic mass is 10.2. The Morgan fingerprint density at radius 1 is 1.23 bits per heavy atom. The Bertz CT molecular complexity index is 312. The third kappa shape index (κ3) is 1.43. The standard InChI is InChI=1S/C9H13N3S/c1-5-11-12-9(13-5)10-8-3-6-2-7(6)4-8/h6-8H,2-4H2,1H3,(H,10,12). The van der Waals surface area contributed by atoms with E-state index in [0.717, 1.165) is 22.0 Å². The summed E-state index contributed by atoms with van der Waals surface area (Å²) in [6.07, 6.45) is 4.18. The molecule has 0 amide bonds. The lowest BCUT2D eigenvalue weighted by Crippen LogP contribution is -2.16. The number of rotatable bonds is 2. The van der Waals surface area contributed by atoms with Crippen molar-refractivity contribution in [1.29, 1.82) is 0 Å². The molecular formula is C9H13N3S. The van der Waals surface area contributed by atoms with Gasteiger partial charge < -0.3 is 5.32 Å². The van der Waals surface area contributed by atoms with Crippen LogP contribution in [0, 0.1) is 18.8 Å². The Hall–Kier alpha value is -0.640. The average Bonchev–Trinajstić information content (AvgIpc) is 2.55. The van der Waals surface area contributed by atoms with E-state index in [9.17, 15) is 0 Å². The fourth-order valence-corrected chi connectivity index (χ4v) is 3.03. The van der Waals surface area contributed by atoms with Gasteiger partial charge in [-0.2, -0.15) is 0 Å². The first-order chi connectivity index (χ1) is 6.31. The van der Waals surface area contributed by atoms with Crippen molar-refractivity contribution in [3.8, 4) is 0 Å². The third-order valence-electron chi connectivity index (χ3n) is 3.10. The summed E-state index contributed by atoms with van der Waals surface area (Å²) in [5.74, 6) is 2.07. The van der Waals surface area contributed by atoms with Crippen LogP contribution in [0.15, 0.2) is 0 Å². The maximum absolute atomic E-state index is 4.08. The predicted octanol–water partition coefficient (Wildman–Crippen LogP) is 2.06. The minimum atomic E-state index is 0.677. The number of nitrogens with zero attached hydrogens (tertiary/aromatic N) is 2. The molecule has 3 nitrogen and oxygen atoms in total. The number of nitrogens with one attached hydrogen (secondary N) is 1. The molecule has 2 saturated carbocycles. The molecule has 3 rings (SSSR count). The quantitative estimate of drug-likeness (QED) is 0.785. The maximum Gasteiger partial charge on any atom is 0.205 e. The molecule has 2 atom stereocenters. The van der Waals surface area contributed by atoms with E-state index in [4.69, 9.17) is 0 Å². The zero-order valence-electron chi connectivity index (χ0n) is 7.66. The summed E-state index contributed by atoms with van der Waals surface area (Å²) in [6.45, 7) is 2.00. The number of fused-ring (bicyclic) bond motifs is 1. The molecular weight excluding hydrogens is 182 g/mol. The van der Waals surface area contributed by atoms with Crippen LogP contribution in [0.1, 0.15) is 24.3 Å². The number of hydrogen-bond acceptors (Lipinski definition) is 4. The largest absolute Gasteiger partial charge is 0.357 e. The Morgan fingerprint density at radius 3 is 2.62 bits per heavy atom. The summed E-state index contributed by atoms with van der Waals surface area (Å²) in [6, 6.07) is 0.677. The van der Waals surface area contributed by atoms with Gasteiger partial charge >= 0.3 is 0 Å². The fourth-order valence-electron chi connectivity index (χ4n) is 2.36. The molecule has 0 bridgehead atoms. The third-order valence-corrected chi connectivity index (χ3v) is 3.87. The van der Waals surface area contributed by atoms with Gasteiger partial charge in [-0.25, -0.2) is 0 Å². The van der Waals surface area contributed by atoms with Crippen LogP contribution in [0.3, 0.4) is 0 Å². The van der Waals surface area contributed by atoms with Crippen LogP contribution in [0.5, 0.6) is 0 Å². The summed E-state index contributed by atoms with van der Waals surface area (Å²) < 4.78 is 0. The second-order valence-electron chi connectivity index (χ2n) is 4.19. The summed E-state index contributed by atoms with van der Waals surface area (Å²) in [7, 11) is 0. The van der Waals surface area contributed by atoms with E-state index in [1.807, 2.05) is 6.92 Å². The Labute approximate surface area is 81.6 Å². The first kappa shape index (κ1) is 7.74. The number of aromatic nitrogens is 2. The highest BCUT2D eigenvalue weighted by Crippen LogP contribution is 2.52. The maximum atomic E-state index is 4.08. The highest BCUT2D eigenvalue weighted by Gasteiger charge is 2.45. The summed E-state index contributed by atoms with van der Waals surface area (Å²) in [5, 5.41) is 13.6. The molecule has 13 heavy (non-hydrogen) atoms. The van der Waals surface area contributed by atoms with Gasteiger partial charge in [0.25, 0.3) is 0 Å². The lowest BCUT2D eigenvalue weighted by molar-refractivity contribution is 0.650. The molecule has 2 aliphatic rings. The van der Waals surface area contributed by atoms with Crippen molar-refractivity contribution in [2.75, 3.05) is 5.32 Å². The first-order valence-corrected chi connectivity index (χ1v) is 5.69. The van der Waals surface area contributed by atoms with Crippen LogP contribution in [-0.2, 0) is 0 Å². The minimum absolute atomic E-state index is 0.677. The number of hydrogen-bond donors (Lipinski definition) is 1. The topological polar surface area (TPSA) is 37.8 Å². The van der Waals surface area contributed by atoms with Gasteiger partial charge in [-0.1, -0.05) is 11.3 Å². The molecule has 1 heterocycles. The van der Waals surface area contributed by atoms with Crippen LogP contribution in [0.2, 0.25) is 0 Å². The molecule has 0 aromatic carbocycles. The molecule has 2 fully saturated rings. The molecule has 2 aliphatic carbocycles. The van der Waals surface area contributed by atoms with Gasteiger partial charge in [0.2, 0.25) is 5.13 Å². The lowest BCUT2D eigenvalue weighted by Gasteiger charge is -2.11. The van der Waals surface area contributed by atoms with Crippen LogP contribution in [0.4, 0.5) is 5.13 Å². The monoisotopic (exact) mass is 195 g/mol. The van der Waals surface area contributed by atoms with E-state index in [0.29, 0.717) is 6.04 Å². The molecule has 2 unspecified atom stereocenters. The van der Waals surface area contributed by atoms with Gasteiger partial charge in [0, 0.05) is 6.04 Å². The van der Waals surface area contributed by atoms with E-state index in [2.05, 4.69) is 15.5 Å².